The van der Waals surface area contributed by atoms with Crippen LogP contribution in [0.2, 0.25) is 0 Å². The van der Waals surface area contributed by atoms with Gasteiger partial charge in [-0.2, -0.15) is 0 Å². The van der Waals surface area contributed by atoms with Crippen molar-refractivity contribution in [3.05, 3.63) is 35.4 Å². The van der Waals surface area contributed by atoms with Crippen LogP contribution in [0, 0.1) is 22.7 Å². The van der Waals surface area contributed by atoms with E-state index in [-0.39, 0.29) is 10.8 Å². The monoisotopic (exact) mass is 434 g/mol. The number of hydrogen-bond donors (Lipinski definition) is 2. The predicted octanol–water partition coefficient (Wildman–Crippen LogP) is 2.19. The summed E-state index contributed by atoms with van der Waals surface area (Å²) in [6, 6.07) is 0. The number of nitrogens with zero attached hydrogens (tertiary/aromatic N) is 4. The number of hydrogen-bond acceptors (Lipinski definition) is 4. The Kier molecular flexibility index (Phi) is 3.81. The van der Waals surface area contributed by atoms with Gasteiger partial charge in [0.2, 0.25) is 11.8 Å². The average molecular weight is 435 g/mol. The smallest absolute Gasteiger partial charge is 0.229 e. The molecule has 8 nitrogen and oxygen atoms in total. The first kappa shape index (κ1) is 18.9. The number of carbonyl (C=O) groups excluding carboxylic acids is 2. The molecule has 0 spiro atoms. The van der Waals surface area contributed by atoms with E-state index in [4.69, 9.17) is 0 Å². The molecule has 2 aliphatic heterocycles. The van der Waals surface area contributed by atoms with Gasteiger partial charge in [0, 0.05) is 25.9 Å². The lowest BCUT2D eigenvalue weighted by atomic mass is 9.43. The molecule has 0 radical (unpaired) electrons. The maximum atomic E-state index is 14.0. The highest BCUT2D eigenvalue weighted by Gasteiger charge is 2.64. The van der Waals surface area contributed by atoms with Crippen molar-refractivity contribution in [2.45, 2.75) is 64.5 Å². The van der Waals surface area contributed by atoms with E-state index in [1.54, 1.807) is 12.7 Å². The van der Waals surface area contributed by atoms with Crippen LogP contribution in [0.25, 0.3) is 0 Å². The number of rotatable bonds is 2. The van der Waals surface area contributed by atoms with Gasteiger partial charge in [-0.05, 0) is 50.4 Å². The van der Waals surface area contributed by atoms with Crippen molar-refractivity contribution in [1.29, 1.82) is 0 Å². The molecule has 2 aromatic heterocycles. The minimum atomic E-state index is -0.355. The fourth-order valence-electron chi connectivity index (χ4n) is 8.21. The zero-order chi connectivity index (χ0) is 21.5. The number of aromatic amines is 2. The molecule has 168 valence electrons. The van der Waals surface area contributed by atoms with Crippen molar-refractivity contribution >= 4 is 11.8 Å². The molecule has 8 heteroatoms. The number of imidazole rings is 2. The van der Waals surface area contributed by atoms with Crippen LogP contribution in [-0.2, 0) is 35.5 Å². The summed E-state index contributed by atoms with van der Waals surface area (Å²) in [5.41, 5.74) is 3.62. The Hall–Kier alpha value is -2.64. The summed E-state index contributed by atoms with van der Waals surface area (Å²) < 4.78 is 0. The summed E-state index contributed by atoms with van der Waals surface area (Å²) in [5.74, 6) is 1.59. The largest absolute Gasteiger partial charge is 0.347 e. The van der Waals surface area contributed by atoms with E-state index in [0.717, 1.165) is 80.8 Å². The molecule has 2 amide bonds. The molecule has 4 fully saturated rings. The molecule has 2 N–H and O–H groups in total. The lowest BCUT2D eigenvalue weighted by molar-refractivity contribution is -0.180. The Morgan fingerprint density at radius 3 is 1.75 bits per heavy atom. The summed E-state index contributed by atoms with van der Waals surface area (Å²) in [4.78, 5) is 47.3. The van der Waals surface area contributed by atoms with E-state index in [2.05, 4.69) is 19.9 Å². The molecule has 0 atom stereocenters. The second-order valence-electron chi connectivity index (χ2n) is 11.1. The Balaban J connectivity index is 1.17. The zero-order valence-corrected chi connectivity index (χ0v) is 18.4. The van der Waals surface area contributed by atoms with E-state index in [9.17, 15) is 9.59 Å². The van der Waals surface area contributed by atoms with E-state index in [0.29, 0.717) is 36.7 Å². The van der Waals surface area contributed by atoms with Crippen molar-refractivity contribution in [3.63, 3.8) is 0 Å². The number of aromatic nitrogens is 4. The van der Waals surface area contributed by atoms with Crippen LogP contribution in [0.5, 0.6) is 0 Å². The van der Waals surface area contributed by atoms with Crippen LogP contribution >= 0.6 is 0 Å². The topological polar surface area (TPSA) is 98.0 Å². The van der Waals surface area contributed by atoms with Crippen molar-refractivity contribution in [3.8, 4) is 0 Å². The van der Waals surface area contributed by atoms with Gasteiger partial charge in [0.05, 0.1) is 59.3 Å². The maximum Gasteiger partial charge on any atom is 0.229 e. The van der Waals surface area contributed by atoms with Crippen molar-refractivity contribution in [2.24, 2.45) is 22.7 Å². The number of amides is 2. The second kappa shape index (κ2) is 6.45. The summed E-state index contributed by atoms with van der Waals surface area (Å²) in [6.45, 7) is 2.73. The average Bonchev–Trinajstić information content (AvgIpc) is 3.45. The quantitative estimate of drug-likeness (QED) is 0.757. The SMILES string of the molecule is O=C(N1CCc2nc[nH]c2C1)C12CC3CC(C1)CC(C(=O)N1CCc4nc[nH]c4C1)(C3)C2. The number of carbonyl (C=O) groups is 2. The Labute approximate surface area is 187 Å². The highest BCUT2D eigenvalue weighted by atomic mass is 16.2. The summed E-state index contributed by atoms with van der Waals surface area (Å²) in [5, 5.41) is 0. The molecule has 4 bridgehead atoms. The highest BCUT2D eigenvalue weighted by Crippen LogP contribution is 2.66. The van der Waals surface area contributed by atoms with Gasteiger partial charge in [-0.15, -0.1) is 0 Å². The van der Waals surface area contributed by atoms with Crippen LogP contribution < -0.4 is 0 Å². The summed E-state index contributed by atoms with van der Waals surface area (Å²) in [7, 11) is 0. The standard InChI is InChI=1S/C24H30N6O2/c31-21(29-3-1-17-19(10-29)27-13-25-17)23-6-15-5-16(7-23)9-24(8-15,12-23)22(32)30-4-2-18-20(11-30)28-14-26-18/h13-16H,1-12H2,(H,25,27)(H,26,28). The van der Waals surface area contributed by atoms with Gasteiger partial charge < -0.3 is 19.8 Å². The van der Waals surface area contributed by atoms with Crippen molar-refractivity contribution in [2.75, 3.05) is 13.1 Å². The Bertz CT molecular complexity index is 1010. The van der Waals surface area contributed by atoms with Crippen molar-refractivity contribution in [1.82, 2.24) is 29.7 Å². The normalized spacial score (nSPS) is 35.0. The first-order valence-corrected chi connectivity index (χ1v) is 12.1. The second-order valence-corrected chi connectivity index (χ2v) is 11.1. The van der Waals surface area contributed by atoms with Crippen LogP contribution in [-0.4, -0.2) is 54.6 Å². The molecule has 0 aromatic carbocycles. The third-order valence-electron chi connectivity index (χ3n) is 9.09. The minimum absolute atomic E-state index is 0.290. The van der Waals surface area contributed by atoms with E-state index in [1.807, 2.05) is 9.80 Å². The number of nitrogens with one attached hydrogen (secondary N) is 2. The molecule has 4 saturated carbocycles. The maximum absolute atomic E-state index is 14.0. The Morgan fingerprint density at radius 1 is 0.812 bits per heavy atom. The zero-order valence-electron chi connectivity index (χ0n) is 18.4. The van der Waals surface area contributed by atoms with E-state index >= 15 is 0 Å². The lowest BCUT2D eigenvalue weighted by Crippen LogP contribution is -2.62. The first-order chi connectivity index (χ1) is 15.5. The summed E-state index contributed by atoms with van der Waals surface area (Å²) >= 11 is 0. The third kappa shape index (κ3) is 2.61. The van der Waals surface area contributed by atoms with Gasteiger partial charge >= 0.3 is 0 Å². The lowest BCUT2D eigenvalue weighted by Gasteiger charge is -2.61. The molecular weight excluding hydrogens is 404 g/mol. The third-order valence-corrected chi connectivity index (χ3v) is 9.09. The van der Waals surface area contributed by atoms with Gasteiger partial charge in [-0.3, -0.25) is 9.59 Å². The molecular formula is C24H30N6O2. The van der Waals surface area contributed by atoms with Crippen LogP contribution in [0.4, 0.5) is 0 Å². The molecule has 4 heterocycles. The van der Waals surface area contributed by atoms with Gasteiger partial charge in [0.25, 0.3) is 0 Å². The number of H-pyrrole nitrogens is 2. The van der Waals surface area contributed by atoms with E-state index < -0.39 is 0 Å². The highest BCUT2D eigenvalue weighted by molar-refractivity contribution is 5.88. The summed E-state index contributed by atoms with van der Waals surface area (Å²) in [6.07, 6.45) is 10.9. The van der Waals surface area contributed by atoms with Gasteiger partial charge in [0.15, 0.2) is 0 Å². The van der Waals surface area contributed by atoms with Crippen LogP contribution in [0.1, 0.15) is 61.3 Å². The molecule has 6 aliphatic rings. The first-order valence-electron chi connectivity index (χ1n) is 12.1. The molecule has 0 unspecified atom stereocenters. The fourth-order valence-corrected chi connectivity index (χ4v) is 8.21. The van der Waals surface area contributed by atoms with E-state index in [1.165, 1.54) is 6.42 Å². The number of fused-ring (bicyclic) bond motifs is 2. The van der Waals surface area contributed by atoms with Crippen molar-refractivity contribution < 1.29 is 9.59 Å². The molecule has 8 rings (SSSR count). The Morgan fingerprint density at radius 2 is 1.28 bits per heavy atom. The predicted molar refractivity (Wildman–Crippen MR) is 115 cm³/mol. The minimum Gasteiger partial charge on any atom is -0.347 e. The molecule has 4 aliphatic carbocycles. The fraction of sp³-hybridized carbons (Fsp3) is 0.667. The molecule has 2 aromatic rings. The van der Waals surface area contributed by atoms with Crippen LogP contribution in [0.15, 0.2) is 12.7 Å². The van der Waals surface area contributed by atoms with Gasteiger partial charge in [-0.1, -0.05) is 0 Å². The van der Waals surface area contributed by atoms with Crippen LogP contribution in [0.3, 0.4) is 0 Å². The van der Waals surface area contributed by atoms with Gasteiger partial charge in [0.1, 0.15) is 0 Å². The molecule has 32 heavy (non-hydrogen) atoms. The van der Waals surface area contributed by atoms with Gasteiger partial charge in [-0.25, -0.2) is 9.97 Å². The molecule has 0 saturated heterocycles.